The predicted octanol–water partition coefficient (Wildman–Crippen LogP) is 5.66. The van der Waals surface area contributed by atoms with E-state index in [0.717, 1.165) is 5.56 Å². The van der Waals surface area contributed by atoms with Crippen LogP contribution in [0.25, 0.3) is 0 Å². The Bertz CT molecular complexity index is 554. The summed E-state index contributed by atoms with van der Waals surface area (Å²) in [5.41, 5.74) is 1.28. The number of hydrogen-bond donors (Lipinski definition) is 0. The molecule has 94 valence electrons. The molecule has 0 bridgehead atoms. The van der Waals surface area contributed by atoms with Gasteiger partial charge in [-0.05, 0) is 24.1 Å². The van der Waals surface area contributed by atoms with Crippen LogP contribution >= 0.6 is 34.8 Å². The average molecular weight is 304 g/mol. The number of hydrogen-bond acceptors (Lipinski definition) is 0. The SMILES string of the molecule is Fc1c(Cl)cccc1C(Cl)Cc1ccccc1Cl. The van der Waals surface area contributed by atoms with Gasteiger partial charge in [-0.15, -0.1) is 11.6 Å². The van der Waals surface area contributed by atoms with Crippen molar-refractivity contribution in [2.75, 3.05) is 0 Å². The fourth-order valence-corrected chi connectivity index (χ4v) is 2.46. The van der Waals surface area contributed by atoms with Gasteiger partial charge in [0.05, 0.1) is 10.4 Å². The molecular formula is C14H10Cl3F. The van der Waals surface area contributed by atoms with Crippen LogP contribution in [0.2, 0.25) is 10.0 Å². The van der Waals surface area contributed by atoms with Crippen LogP contribution < -0.4 is 0 Å². The Morgan fingerprint density at radius 2 is 1.61 bits per heavy atom. The maximum absolute atomic E-state index is 13.8. The second-order valence-electron chi connectivity index (χ2n) is 3.91. The van der Waals surface area contributed by atoms with E-state index in [0.29, 0.717) is 17.0 Å². The maximum atomic E-state index is 13.8. The first-order chi connectivity index (χ1) is 8.59. The van der Waals surface area contributed by atoms with E-state index in [1.54, 1.807) is 18.2 Å². The molecule has 2 aromatic carbocycles. The predicted molar refractivity (Wildman–Crippen MR) is 75.2 cm³/mol. The zero-order chi connectivity index (χ0) is 13.1. The minimum atomic E-state index is -0.497. The molecule has 2 aromatic rings. The highest BCUT2D eigenvalue weighted by molar-refractivity contribution is 6.31. The highest BCUT2D eigenvalue weighted by Crippen LogP contribution is 2.31. The minimum absolute atomic E-state index is 0.0808. The Morgan fingerprint density at radius 1 is 0.944 bits per heavy atom. The molecule has 0 saturated heterocycles. The van der Waals surface area contributed by atoms with Crippen LogP contribution in [0.15, 0.2) is 42.5 Å². The monoisotopic (exact) mass is 302 g/mol. The molecule has 0 fully saturated rings. The summed E-state index contributed by atoms with van der Waals surface area (Å²) in [6, 6.07) is 12.2. The Kier molecular flexibility index (Phi) is 4.50. The Morgan fingerprint density at radius 3 is 2.33 bits per heavy atom. The van der Waals surface area contributed by atoms with Gasteiger partial charge < -0.3 is 0 Å². The van der Waals surface area contributed by atoms with Crippen molar-refractivity contribution < 1.29 is 4.39 Å². The molecule has 0 N–H and O–H groups in total. The molecular weight excluding hydrogens is 294 g/mol. The van der Waals surface area contributed by atoms with Crippen molar-refractivity contribution in [3.8, 4) is 0 Å². The van der Waals surface area contributed by atoms with Crippen LogP contribution in [-0.4, -0.2) is 0 Å². The molecule has 2 rings (SSSR count). The Labute approximate surface area is 120 Å². The van der Waals surface area contributed by atoms with Gasteiger partial charge in [-0.2, -0.15) is 0 Å². The molecule has 0 radical (unpaired) electrons. The molecule has 0 aromatic heterocycles. The van der Waals surface area contributed by atoms with Crippen LogP contribution in [0.3, 0.4) is 0 Å². The standard InChI is InChI=1S/C14H10Cl3F/c15-11-6-2-1-4-9(11)8-13(17)10-5-3-7-12(16)14(10)18/h1-7,13H,8H2. The van der Waals surface area contributed by atoms with Crippen LogP contribution in [0, 0.1) is 5.82 Å². The molecule has 18 heavy (non-hydrogen) atoms. The largest absolute Gasteiger partial charge is 0.205 e. The lowest BCUT2D eigenvalue weighted by Gasteiger charge is -2.12. The second-order valence-corrected chi connectivity index (χ2v) is 5.25. The summed E-state index contributed by atoms with van der Waals surface area (Å²) in [6.07, 6.45) is 0.457. The van der Waals surface area contributed by atoms with Gasteiger partial charge in [-0.1, -0.05) is 53.5 Å². The number of alkyl halides is 1. The fraction of sp³-hybridized carbons (Fsp3) is 0.143. The first kappa shape index (κ1) is 13.7. The van der Waals surface area contributed by atoms with Crippen LogP contribution in [0.5, 0.6) is 0 Å². The lowest BCUT2D eigenvalue weighted by Crippen LogP contribution is -2.00. The normalized spacial score (nSPS) is 12.4. The highest BCUT2D eigenvalue weighted by atomic mass is 35.5. The highest BCUT2D eigenvalue weighted by Gasteiger charge is 2.16. The summed E-state index contributed by atoms with van der Waals surface area (Å²) in [4.78, 5) is 0. The van der Waals surface area contributed by atoms with E-state index in [2.05, 4.69) is 0 Å². The van der Waals surface area contributed by atoms with Crippen molar-refractivity contribution >= 4 is 34.8 Å². The molecule has 0 saturated carbocycles. The smallest absolute Gasteiger partial charge is 0.146 e. The first-order valence-electron chi connectivity index (χ1n) is 5.41. The Balaban J connectivity index is 2.25. The van der Waals surface area contributed by atoms with Crippen molar-refractivity contribution in [1.29, 1.82) is 0 Å². The maximum Gasteiger partial charge on any atom is 0.146 e. The molecule has 1 atom stereocenters. The van der Waals surface area contributed by atoms with Crippen molar-refractivity contribution in [3.05, 3.63) is 69.5 Å². The summed E-state index contributed by atoms with van der Waals surface area (Å²) >= 11 is 18.0. The molecule has 0 spiro atoms. The lowest BCUT2D eigenvalue weighted by molar-refractivity contribution is 0.606. The fourth-order valence-electron chi connectivity index (χ4n) is 1.73. The molecule has 0 aliphatic rings. The van der Waals surface area contributed by atoms with E-state index in [4.69, 9.17) is 34.8 Å². The van der Waals surface area contributed by atoms with Crippen molar-refractivity contribution in [3.63, 3.8) is 0 Å². The van der Waals surface area contributed by atoms with Crippen LogP contribution in [-0.2, 0) is 6.42 Å². The number of halogens is 4. The third-order valence-electron chi connectivity index (χ3n) is 2.68. The van der Waals surface area contributed by atoms with Gasteiger partial charge >= 0.3 is 0 Å². The van der Waals surface area contributed by atoms with Gasteiger partial charge in [0, 0.05) is 10.6 Å². The van der Waals surface area contributed by atoms with Crippen molar-refractivity contribution in [1.82, 2.24) is 0 Å². The Hall–Kier alpha value is -0.760. The van der Waals surface area contributed by atoms with E-state index in [-0.39, 0.29) is 5.02 Å². The van der Waals surface area contributed by atoms with E-state index < -0.39 is 11.2 Å². The van der Waals surface area contributed by atoms with Gasteiger partial charge in [0.15, 0.2) is 0 Å². The molecule has 0 amide bonds. The van der Waals surface area contributed by atoms with Gasteiger partial charge in [0.25, 0.3) is 0 Å². The van der Waals surface area contributed by atoms with E-state index in [1.165, 1.54) is 6.07 Å². The second kappa shape index (κ2) is 5.92. The van der Waals surface area contributed by atoms with Crippen molar-refractivity contribution in [2.45, 2.75) is 11.8 Å². The van der Waals surface area contributed by atoms with E-state index in [9.17, 15) is 4.39 Å². The topological polar surface area (TPSA) is 0 Å². The summed E-state index contributed by atoms with van der Waals surface area (Å²) in [5.74, 6) is -0.466. The lowest BCUT2D eigenvalue weighted by atomic mass is 10.0. The third kappa shape index (κ3) is 2.97. The zero-order valence-corrected chi connectivity index (χ0v) is 11.6. The molecule has 0 aliphatic carbocycles. The summed E-state index contributed by atoms with van der Waals surface area (Å²) in [7, 11) is 0. The van der Waals surface area contributed by atoms with E-state index in [1.807, 2.05) is 18.2 Å². The van der Waals surface area contributed by atoms with Gasteiger partial charge in [-0.3, -0.25) is 0 Å². The quantitative estimate of drug-likeness (QED) is 0.642. The molecule has 0 nitrogen and oxygen atoms in total. The van der Waals surface area contributed by atoms with Crippen LogP contribution in [0.4, 0.5) is 4.39 Å². The zero-order valence-electron chi connectivity index (χ0n) is 9.34. The third-order valence-corrected chi connectivity index (χ3v) is 3.73. The first-order valence-corrected chi connectivity index (χ1v) is 6.60. The molecule has 1 unspecified atom stereocenters. The minimum Gasteiger partial charge on any atom is -0.205 e. The van der Waals surface area contributed by atoms with E-state index >= 15 is 0 Å². The summed E-state index contributed by atoms with van der Waals surface area (Å²) in [5, 5.41) is 0.214. The van der Waals surface area contributed by atoms with Crippen molar-refractivity contribution in [2.24, 2.45) is 0 Å². The van der Waals surface area contributed by atoms with Gasteiger partial charge in [0.2, 0.25) is 0 Å². The molecule has 4 heteroatoms. The summed E-state index contributed by atoms with van der Waals surface area (Å²) in [6.45, 7) is 0. The summed E-state index contributed by atoms with van der Waals surface area (Å²) < 4.78 is 13.8. The van der Waals surface area contributed by atoms with Crippen LogP contribution in [0.1, 0.15) is 16.5 Å². The number of rotatable bonds is 3. The van der Waals surface area contributed by atoms with Gasteiger partial charge in [0.1, 0.15) is 5.82 Å². The average Bonchev–Trinajstić information content (AvgIpc) is 2.35. The molecule has 0 aliphatic heterocycles. The number of benzene rings is 2. The molecule has 0 heterocycles. The van der Waals surface area contributed by atoms with Gasteiger partial charge in [-0.25, -0.2) is 4.39 Å².